The lowest BCUT2D eigenvalue weighted by molar-refractivity contribution is -0.384. The molecule has 0 atom stereocenters. The number of hydrogen-bond donors (Lipinski definition) is 1. The summed E-state index contributed by atoms with van der Waals surface area (Å²) >= 11 is 6.06. The number of benzene rings is 3. The van der Waals surface area contributed by atoms with Crippen LogP contribution in [-0.2, 0) is 13.0 Å². The summed E-state index contributed by atoms with van der Waals surface area (Å²) in [5.74, 6) is -0.368. The number of nitrogens with one attached hydrogen (secondary N) is 1. The van der Waals surface area contributed by atoms with E-state index in [4.69, 9.17) is 11.6 Å². The number of aryl methyl sites for hydroxylation is 1. The number of hydrogen-bond acceptors (Lipinski definition) is 4. The van der Waals surface area contributed by atoms with Gasteiger partial charge < -0.3 is 10.2 Å². The SMILES string of the molecule is O=C(Nc1cc([N+](=O)[O-])ccc1Cl)c1ccc(CN2CCCc3ccccc32)cc1. The third kappa shape index (κ3) is 4.28. The molecule has 7 heteroatoms. The van der Waals surface area contributed by atoms with Crippen LogP contribution in [0.15, 0.2) is 66.7 Å². The highest BCUT2D eigenvalue weighted by Gasteiger charge is 2.17. The Hall–Kier alpha value is -3.38. The smallest absolute Gasteiger partial charge is 0.271 e. The third-order valence-corrected chi connectivity index (χ3v) is 5.53. The molecule has 3 aromatic rings. The normalized spacial score (nSPS) is 12.9. The van der Waals surface area contributed by atoms with Gasteiger partial charge in [-0.15, -0.1) is 0 Å². The van der Waals surface area contributed by atoms with Gasteiger partial charge in [-0.2, -0.15) is 0 Å². The van der Waals surface area contributed by atoms with Crippen LogP contribution in [-0.4, -0.2) is 17.4 Å². The molecule has 0 unspecified atom stereocenters. The van der Waals surface area contributed by atoms with E-state index in [9.17, 15) is 14.9 Å². The Morgan fingerprint density at radius 2 is 1.87 bits per heavy atom. The average molecular weight is 422 g/mol. The fraction of sp³-hybridized carbons (Fsp3) is 0.174. The largest absolute Gasteiger partial charge is 0.367 e. The number of nitro benzene ring substituents is 1. The van der Waals surface area contributed by atoms with Gasteiger partial charge in [0.1, 0.15) is 0 Å². The molecule has 0 aliphatic carbocycles. The molecule has 152 valence electrons. The molecule has 0 saturated heterocycles. The molecule has 1 aliphatic rings. The number of halogens is 1. The van der Waals surface area contributed by atoms with Gasteiger partial charge in [0.05, 0.1) is 15.6 Å². The van der Waals surface area contributed by atoms with Crippen molar-refractivity contribution in [2.75, 3.05) is 16.8 Å². The van der Waals surface area contributed by atoms with E-state index in [2.05, 4.69) is 34.5 Å². The molecule has 0 aromatic heterocycles. The minimum atomic E-state index is -0.528. The number of amides is 1. The Kier molecular flexibility index (Phi) is 5.68. The molecule has 30 heavy (non-hydrogen) atoms. The highest BCUT2D eigenvalue weighted by Crippen LogP contribution is 2.29. The summed E-state index contributed by atoms with van der Waals surface area (Å²) in [6, 6.07) is 19.8. The number of para-hydroxylation sites is 1. The Balaban J connectivity index is 1.46. The fourth-order valence-corrected chi connectivity index (χ4v) is 3.84. The van der Waals surface area contributed by atoms with Gasteiger partial charge in [-0.25, -0.2) is 0 Å². The van der Waals surface area contributed by atoms with E-state index in [1.54, 1.807) is 12.1 Å². The molecule has 1 aliphatic heterocycles. The van der Waals surface area contributed by atoms with E-state index in [0.717, 1.165) is 31.5 Å². The Bertz CT molecular complexity index is 1100. The zero-order valence-electron chi connectivity index (χ0n) is 16.2. The second kappa shape index (κ2) is 8.55. The number of carbonyl (C=O) groups is 1. The number of anilines is 2. The van der Waals surface area contributed by atoms with Crippen molar-refractivity contribution in [1.29, 1.82) is 0 Å². The Morgan fingerprint density at radius 3 is 2.63 bits per heavy atom. The number of non-ortho nitro benzene ring substituents is 1. The highest BCUT2D eigenvalue weighted by atomic mass is 35.5. The monoisotopic (exact) mass is 421 g/mol. The lowest BCUT2D eigenvalue weighted by Gasteiger charge is -2.31. The quantitative estimate of drug-likeness (QED) is 0.438. The second-order valence-corrected chi connectivity index (χ2v) is 7.63. The van der Waals surface area contributed by atoms with Crippen molar-refractivity contribution in [3.05, 3.63) is 98.6 Å². The van der Waals surface area contributed by atoms with E-state index in [-0.39, 0.29) is 22.3 Å². The maximum atomic E-state index is 12.6. The van der Waals surface area contributed by atoms with E-state index < -0.39 is 4.92 Å². The van der Waals surface area contributed by atoms with Crippen molar-refractivity contribution < 1.29 is 9.72 Å². The van der Waals surface area contributed by atoms with Crippen molar-refractivity contribution in [3.8, 4) is 0 Å². The molecule has 1 amide bonds. The molecular formula is C23H20ClN3O3. The zero-order valence-corrected chi connectivity index (χ0v) is 16.9. The average Bonchev–Trinajstić information content (AvgIpc) is 2.76. The highest BCUT2D eigenvalue weighted by molar-refractivity contribution is 6.34. The first-order valence-electron chi connectivity index (χ1n) is 9.68. The predicted octanol–water partition coefficient (Wildman–Crippen LogP) is 5.45. The number of rotatable bonds is 5. The second-order valence-electron chi connectivity index (χ2n) is 7.23. The predicted molar refractivity (Wildman–Crippen MR) is 118 cm³/mol. The van der Waals surface area contributed by atoms with Crippen molar-refractivity contribution in [2.24, 2.45) is 0 Å². The third-order valence-electron chi connectivity index (χ3n) is 5.20. The summed E-state index contributed by atoms with van der Waals surface area (Å²) in [4.78, 5) is 25.3. The minimum Gasteiger partial charge on any atom is -0.367 e. The minimum absolute atomic E-state index is 0.133. The van der Waals surface area contributed by atoms with Crippen LogP contribution < -0.4 is 10.2 Å². The van der Waals surface area contributed by atoms with Gasteiger partial charge in [0.2, 0.25) is 0 Å². The maximum absolute atomic E-state index is 12.6. The van der Waals surface area contributed by atoms with Crippen molar-refractivity contribution >= 4 is 34.6 Å². The molecule has 0 fully saturated rings. The van der Waals surface area contributed by atoms with Gasteiger partial charge in [0.25, 0.3) is 11.6 Å². The number of nitro groups is 1. The van der Waals surface area contributed by atoms with E-state index in [0.29, 0.717) is 5.56 Å². The van der Waals surface area contributed by atoms with Crippen LogP contribution in [0.3, 0.4) is 0 Å². The molecule has 0 spiro atoms. The molecule has 1 N–H and O–H groups in total. The zero-order chi connectivity index (χ0) is 21.1. The molecule has 0 saturated carbocycles. The van der Waals surface area contributed by atoms with Crippen LogP contribution in [0.1, 0.15) is 27.9 Å². The van der Waals surface area contributed by atoms with Gasteiger partial charge in [-0.1, -0.05) is 41.9 Å². The van der Waals surface area contributed by atoms with Crippen LogP contribution in [0.5, 0.6) is 0 Å². The van der Waals surface area contributed by atoms with Gasteiger partial charge in [-0.3, -0.25) is 14.9 Å². The molecular weight excluding hydrogens is 402 g/mol. The number of carbonyl (C=O) groups excluding carboxylic acids is 1. The Labute approximate surface area is 179 Å². The van der Waals surface area contributed by atoms with Crippen LogP contribution >= 0.6 is 11.6 Å². The van der Waals surface area contributed by atoms with Gasteiger partial charge in [0, 0.05) is 36.5 Å². The molecule has 1 heterocycles. The summed E-state index contributed by atoms with van der Waals surface area (Å²) < 4.78 is 0. The van der Waals surface area contributed by atoms with Crippen LogP contribution in [0, 0.1) is 10.1 Å². The summed E-state index contributed by atoms with van der Waals surface area (Å²) in [7, 11) is 0. The lowest BCUT2D eigenvalue weighted by Crippen LogP contribution is -2.28. The molecule has 6 nitrogen and oxygen atoms in total. The summed E-state index contributed by atoms with van der Waals surface area (Å²) in [6.45, 7) is 1.78. The van der Waals surface area contributed by atoms with E-state index >= 15 is 0 Å². The van der Waals surface area contributed by atoms with Crippen molar-refractivity contribution in [1.82, 2.24) is 0 Å². The number of nitrogens with zero attached hydrogens (tertiary/aromatic N) is 2. The first kappa shape index (κ1) is 19.9. The first-order valence-corrected chi connectivity index (χ1v) is 10.1. The van der Waals surface area contributed by atoms with Gasteiger partial charge >= 0.3 is 0 Å². The molecule has 0 radical (unpaired) electrons. The van der Waals surface area contributed by atoms with Crippen LogP contribution in [0.4, 0.5) is 17.1 Å². The maximum Gasteiger partial charge on any atom is 0.271 e. The lowest BCUT2D eigenvalue weighted by atomic mass is 10.0. The summed E-state index contributed by atoms with van der Waals surface area (Å²) in [5.41, 5.74) is 4.29. The van der Waals surface area contributed by atoms with Crippen molar-refractivity contribution in [3.63, 3.8) is 0 Å². The topological polar surface area (TPSA) is 75.5 Å². The van der Waals surface area contributed by atoms with Crippen LogP contribution in [0.25, 0.3) is 0 Å². The summed E-state index contributed by atoms with van der Waals surface area (Å²) in [6.07, 6.45) is 2.23. The van der Waals surface area contributed by atoms with E-state index in [1.165, 1.54) is 29.4 Å². The van der Waals surface area contributed by atoms with Crippen molar-refractivity contribution in [2.45, 2.75) is 19.4 Å². The number of fused-ring (bicyclic) bond motifs is 1. The van der Waals surface area contributed by atoms with Crippen LogP contribution in [0.2, 0.25) is 5.02 Å². The van der Waals surface area contributed by atoms with Gasteiger partial charge in [-0.05, 0) is 48.2 Å². The molecule has 4 rings (SSSR count). The van der Waals surface area contributed by atoms with Gasteiger partial charge in [0.15, 0.2) is 0 Å². The molecule has 3 aromatic carbocycles. The fourth-order valence-electron chi connectivity index (χ4n) is 3.67. The first-order chi connectivity index (χ1) is 14.5. The molecule has 0 bridgehead atoms. The Morgan fingerprint density at radius 1 is 1.10 bits per heavy atom. The standard InChI is InChI=1S/C23H20ClN3O3/c24-20-12-11-19(27(29)30)14-21(20)25-23(28)18-9-7-16(8-10-18)15-26-13-3-5-17-4-1-2-6-22(17)26/h1-2,4,6-12,14H,3,5,13,15H2,(H,25,28). The van der Waals surface area contributed by atoms with E-state index in [1.807, 2.05) is 12.1 Å². The summed E-state index contributed by atoms with van der Waals surface area (Å²) in [5, 5.41) is 13.8.